The van der Waals surface area contributed by atoms with E-state index in [4.69, 9.17) is 0 Å². The smallest absolute Gasteiger partial charge is 0.0504 e. The molecular formula is C11H10OS2. The second kappa shape index (κ2) is 4.07. The summed E-state index contributed by atoms with van der Waals surface area (Å²) in [5, 5.41) is 2.03. The number of thiophene rings is 1. The van der Waals surface area contributed by atoms with Crippen molar-refractivity contribution in [2.45, 2.75) is 4.90 Å². The van der Waals surface area contributed by atoms with E-state index in [2.05, 4.69) is 6.07 Å². The van der Waals surface area contributed by atoms with E-state index in [1.54, 1.807) is 17.6 Å². The van der Waals surface area contributed by atoms with Crippen LogP contribution in [0.2, 0.25) is 0 Å². The van der Waals surface area contributed by atoms with Gasteiger partial charge in [-0.3, -0.25) is 4.21 Å². The fraction of sp³-hybridized carbons (Fsp3) is 0.0909. The first-order chi connectivity index (χ1) is 6.79. The van der Waals surface area contributed by atoms with Crippen molar-refractivity contribution in [1.82, 2.24) is 0 Å². The van der Waals surface area contributed by atoms with Crippen LogP contribution in [0.15, 0.2) is 46.7 Å². The zero-order valence-corrected chi connectivity index (χ0v) is 9.40. The zero-order valence-electron chi connectivity index (χ0n) is 7.77. The lowest BCUT2D eigenvalue weighted by Crippen LogP contribution is -1.89. The van der Waals surface area contributed by atoms with Crippen LogP contribution in [0.1, 0.15) is 0 Å². The van der Waals surface area contributed by atoms with Gasteiger partial charge >= 0.3 is 0 Å². The van der Waals surface area contributed by atoms with Crippen LogP contribution in [-0.2, 0) is 10.8 Å². The summed E-state index contributed by atoms with van der Waals surface area (Å²) in [6.07, 6.45) is 1.71. The minimum absolute atomic E-state index is 0.912. The molecule has 0 bridgehead atoms. The predicted octanol–water partition coefficient (Wildman–Crippen LogP) is 3.15. The van der Waals surface area contributed by atoms with Crippen LogP contribution in [0, 0.1) is 0 Å². The van der Waals surface area contributed by atoms with Gasteiger partial charge in [0.1, 0.15) is 0 Å². The lowest BCUT2D eigenvalue weighted by atomic mass is 10.2. The van der Waals surface area contributed by atoms with Crippen LogP contribution < -0.4 is 0 Å². The quantitative estimate of drug-likeness (QED) is 0.763. The Hall–Kier alpha value is -0.930. The average molecular weight is 222 g/mol. The molecule has 0 saturated heterocycles. The fourth-order valence-electron chi connectivity index (χ4n) is 1.35. The molecule has 1 heterocycles. The lowest BCUT2D eigenvalue weighted by Gasteiger charge is -2.03. The van der Waals surface area contributed by atoms with E-state index in [1.165, 1.54) is 4.88 Å². The highest BCUT2D eigenvalue weighted by atomic mass is 32.2. The van der Waals surface area contributed by atoms with Crippen molar-refractivity contribution in [3.8, 4) is 10.4 Å². The third-order valence-corrected chi connectivity index (χ3v) is 3.86. The Morgan fingerprint density at radius 3 is 2.57 bits per heavy atom. The molecule has 0 amide bonds. The van der Waals surface area contributed by atoms with Crippen LogP contribution in [0.4, 0.5) is 0 Å². The van der Waals surface area contributed by atoms with Crippen molar-refractivity contribution in [1.29, 1.82) is 0 Å². The molecule has 14 heavy (non-hydrogen) atoms. The van der Waals surface area contributed by atoms with Crippen LogP contribution in [0.25, 0.3) is 10.4 Å². The number of benzene rings is 1. The molecule has 0 aliphatic carbocycles. The Balaban J connectivity index is 2.58. The standard InChI is InChI=1S/C11H10OS2/c1-14(12)11-7-3-2-5-9(11)10-6-4-8-13-10/h2-8H,1H3. The first-order valence-corrected chi connectivity index (χ1v) is 6.69. The molecule has 72 valence electrons. The van der Waals surface area contributed by atoms with Gasteiger partial charge in [-0.2, -0.15) is 0 Å². The molecule has 2 aromatic rings. The highest BCUT2D eigenvalue weighted by molar-refractivity contribution is 7.84. The van der Waals surface area contributed by atoms with E-state index in [-0.39, 0.29) is 0 Å². The van der Waals surface area contributed by atoms with E-state index in [0.29, 0.717) is 0 Å². The summed E-state index contributed by atoms with van der Waals surface area (Å²) < 4.78 is 11.5. The molecule has 2 rings (SSSR count). The Morgan fingerprint density at radius 1 is 1.14 bits per heavy atom. The third-order valence-electron chi connectivity index (χ3n) is 1.98. The largest absolute Gasteiger partial charge is 0.255 e. The molecule has 0 N–H and O–H groups in total. The van der Waals surface area contributed by atoms with Gasteiger partial charge in [0.2, 0.25) is 0 Å². The van der Waals surface area contributed by atoms with Crippen LogP contribution in [-0.4, -0.2) is 10.5 Å². The normalized spacial score (nSPS) is 12.6. The number of hydrogen-bond donors (Lipinski definition) is 0. The van der Waals surface area contributed by atoms with Crippen LogP contribution in [0.5, 0.6) is 0 Å². The summed E-state index contributed by atoms with van der Waals surface area (Å²) in [6.45, 7) is 0. The molecule has 0 fully saturated rings. The molecule has 1 aromatic carbocycles. The number of rotatable bonds is 2. The second-order valence-electron chi connectivity index (χ2n) is 2.93. The van der Waals surface area contributed by atoms with E-state index < -0.39 is 10.8 Å². The summed E-state index contributed by atoms with van der Waals surface area (Å²) in [4.78, 5) is 2.09. The van der Waals surface area contributed by atoms with Gasteiger partial charge in [0.15, 0.2) is 0 Å². The Bertz CT molecular complexity index is 446. The number of hydrogen-bond acceptors (Lipinski definition) is 2. The molecule has 3 heteroatoms. The molecule has 0 spiro atoms. The molecule has 1 nitrogen and oxygen atoms in total. The van der Waals surface area contributed by atoms with Crippen molar-refractivity contribution in [2.24, 2.45) is 0 Å². The first-order valence-electron chi connectivity index (χ1n) is 4.25. The van der Waals surface area contributed by atoms with Gasteiger partial charge < -0.3 is 0 Å². The molecule has 0 aliphatic heterocycles. The van der Waals surface area contributed by atoms with Crippen LogP contribution >= 0.6 is 11.3 Å². The van der Waals surface area contributed by atoms with Gasteiger partial charge in [-0.25, -0.2) is 0 Å². The topological polar surface area (TPSA) is 17.1 Å². The Labute approximate surface area is 89.9 Å². The second-order valence-corrected chi connectivity index (χ2v) is 5.22. The SMILES string of the molecule is CS(=O)c1ccccc1-c1cccs1. The molecule has 1 unspecified atom stereocenters. The van der Waals surface area contributed by atoms with Gasteiger partial charge in [0, 0.05) is 21.6 Å². The molecule has 0 aliphatic rings. The molecular weight excluding hydrogens is 212 g/mol. The van der Waals surface area contributed by atoms with Crippen LogP contribution in [0.3, 0.4) is 0 Å². The predicted molar refractivity (Wildman–Crippen MR) is 62.1 cm³/mol. The molecule has 0 saturated carbocycles. The molecule has 1 aromatic heterocycles. The summed E-state index contributed by atoms with van der Waals surface area (Å²) in [5.41, 5.74) is 1.09. The van der Waals surface area contributed by atoms with E-state index in [1.807, 2.05) is 35.7 Å². The maximum absolute atomic E-state index is 11.5. The maximum atomic E-state index is 11.5. The first kappa shape index (κ1) is 9.62. The monoisotopic (exact) mass is 222 g/mol. The van der Waals surface area contributed by atoms with E-state index >= 15 is 0 Å². The van der Waals surface area contributed by atoms with Crippen molar-refractivity contribution in [3.63, 3.8) is 0 Å². The summed E-state index contributed by atoms with van der Waals surface area (Å²) in [6, 6.07) is 11.9. The summed E-state index contributed by atoms with van der Waals surface area (Å²) in [5.74, 6) is 0. The van der Waals surface area contributed by atoms with Gasteiger partial charge in [-0.15, -0.1) is 11.3 Å². The minimum atomic E-state index is -0.918. The van der Waals surface area contributed by atoms with Crippen molar-refractivity contribution >= 4 is 22.1 Å². The average Bonchev–Trinajstić information content (AvgIpc) is 2.70. The van der Waals surface area contributed by atoms with Crippen molar-refractivity contribution in [2.75, 3.05) is 6.26 Å². The third kappa shape index (κ3) is 1.79. The van der Waals surface area contributed by atoms with E-state index in [0.717, 1.165) is 10.5 Å². The maximum Gasteiger partial charge on any atom is 0.0504 e. The lowest BCUT2D eigenvalue weighted by molar-refractivity contribution is 0.687. The van der Waals surface area contributed by atoms with Gasteiger partial charge in [-0.1, -0.05) is 24.3 Å². The minimum Gasteiger partial charge on any atom is -0.255 e. The van der Waals surface area contributed by atoms with E-state index in [9.17, 15) is 4.21 Å². The Morgan fingerprint density at radius 2 is 1.93 bits per heavy atom. The fourth-order valence-corrected chi connectivity index (χ4v) is 2.94. The van der Waals surface area contributed by atoms with Crippen molar-refractivity contribution in [3.05, 3.63) is 41.8 Å². The van der Waals surface area contributed by atoms with Gasteiger partial charge in [0.25, 0.3) is 0 Å². The molecule has 1 atom stereocenters. The zero-order chi connectivity index (χ0) is 9.97. The highest BCUT2D eigenvalue weighted by Gasteiger charge is 2.07. The summed E-state index contributed by atoms with van der Waals surface area (Å²) >= 11 is 1.67. The highest BCUT2D eigenvalue weighted by Crippen LogP contribution is 2.29. The summed E-state index contributed by atoms with van der Waals surface area (Å²) in [7, 11) is -0.918. The Kier molecular flexibility index (Phi) is 2.79. The van der Waals surface area contributed by atoms with Crippen molar-refractivity contribution < 1.29 is 4.21 Å². The molecule has 0 radical (unpaired) electrons. The van der Waals surface area contributed by atoms with Gasteiger partial charge in [-0.05, 0) is 17.5 Å². The van der Waals surface area contributed by atoms with Gasteiger partial charge in [0.05, 0.1) is 10.8 Å².